The van der Waals surface area contributed by atoms with Crippen molar-refractivity contribution in [2.24, 2.45) is 5.73 Å². The smallest absolute Gasteiger partial charge is 0.330 e. The molecule has 30 heavy (non-hydrogen) atoms. The Kier molecular flexibility index (Phi) is 5.91. The summed E-state index contributed by atoms with van der Waals surface area (Å²) in [5, 5.41) is 0. The number of carbonyl (C=O) groups is 5. The zero-order valence-corrected chi connectivity index (χ0v) is 16.0. The Bertz CT molecular complexity index is 995. The van der Waals surface area contributed by atoms with Crippen molar-refractivity contribution >= 4 is 29.7 Å². The lowest BCUT2D eigenvalue weighted by Gasteiger charge is -2.24. The van der Waals surface area contributed by atoms with Gasteiger partial charge in [-0.2, -0.15) is 0 Å². The third-order valence-electron chi connectivity index (χ3n) is 4.38. The van der Waals surface area contributed by atoms with E-state index in [0.717, 1.165) is 4.90 Å². The number of carbonyl (C=O) groups excluding carboxylic acids is 5. The molecular weight excluding hydrogens is 392 g/mol. The van der Waals surface area contributed by atoms with Crippen LogP contribution in [0.2, 0.25) is 0 Å². The number of nitrogens with two attached hydrogens (primary N) is 1. The topological polar surface area (TPSA) is 133 Å². The number of hydrogen-bond acceptors (Lipinski definition) is 7. The van der Waals surface area contributed by atoms with Crippen LogP contribution >= 0.6 is 0 Å². The Morgan fingerprint density at radius 1 is 0.967 bits per heavy atom. The first kappa shape index (κ1) is 20.7. The average Bonchev–Trinajstić information content (AvgIpc) is 2.96. The Hall–Kier alpha value is -4.01. The predicted octanol–water partition coefficient (Wildman–Crippen LogP) is 0.848. The van der Waals surface area contributed by atoms with E-state index in [-0.39, 0.29) is 17.5 Å². The molecule has 0 unspecified atom stereocenters. The normalized spacial score (nSPS) is 13.6. The summed E-state index contributed by atoms with van der Waals surface area (Å²) in [7, 11) is 0. The van der Waals surface area contributed by atoms with Crippen LogP contribution in [0.1, 0.15) is 33.2 Å². The van der Waals surface area contributed by atoms with Crippen molar-refractivity contribution in [2.75, 3.05) is 6.61 Å². The van der Waals surface area contributed by atoms with Gasteiger partial charge < -0.3 is 15.2 Å². The zero-order valence-electron chi connectivity index (χ0n) is 16.0. The van der Waals surface area contributed by atoms with E-state index in [1.807, 2.05) is 0 Å². The summed E-state index contributed by atoms with van der Waals surface area (Å²) in [5.74, 6) is -3.25. The quantitative estimate of drug-likeness (QED) is 0.406. The van der Waals surface area contributed by atoms with Crippen molar-refractivity contribution in [3.8, 4) is 5.75 Å². The Morgan fingerprint density at radius 3 is 2.03 bits per heavy atom. The maximum absolute atomic E-state index is 12.8. The molecule has 0 aromatic heterocycles. The zero-order chi connectivity index (χ0) is 21.8. The molecule has 2 aromatic rings. The second-order valence-corrected chi connectivity index (χ2v) is 6.56. The number of primary amides is 1. The first-order valence-electron chi connectivity index (χ1n) is 8.97. The summed E-state index contributed by atoms with van der Waals surface area (Å²) >= 11 is 0. The molecule has 0 radical (unpaired) electrons. The second-order valence-electron chi connectivity index (χ2n) is 6.56. The van der Waals surface area contributed by atoms with Crippen LogP contribution in [-0.2, 0) is 25.5 Å². The van der Waals surface area contributed by atoms with E-state index in [4.69, 9.17) is 15.2 Å². The first-order valence-corrected chi connectivity index (χ1v) is 8.97. The molecule has 9 heteroatoms. The molecule has 1 heterocycles. The molecule has 2 aromatic carbocycles. The highest BCUT2D eigenvalue weighted by molar-refractivity contribution is 6.22. The Labute approximate surface area is 171 Å². The minimum atomic E-state index is -1.31. The molecule has 1 atom stereocenters. The SMILES string of the molecule is CC(=O)Oc1ccc(C[C@H](C(=O)OCC(N)=O)N2C(=O)c3ccccc3C2=O)cc1. The Balaban J connectivity index is 1.89. The fourth-order valence-corrected chi connectivity index (χ4v) is 3.09. The first-order chi connectivity index (χ1) is 14.3. The predicted molar refractivity (Wildman–Crippen MR) is 102 cm³/mol. The van der Waals surface area contributed by atoms with Gasteiger partial charge >= 0.3 is 11.9 Å². The average molecular weight is 410 g/mol. The molecule has 3 amide bonds. The van der Waals surface area contributed by atoms with Gasteiger partial charge in [-0.15, -0.1) is 0 Å². The third-order valence-corrected chi connectivity index (χ3v) is 4.38. The molecule has 0 aliphatic carbocycles. The van der Waals surface area contributed by atoms with Crippen molar-refractivity contribution in [2.45, 2.75) is 19.4 Å². The van der Waals surface area contributed by atoms with Gasteiger partial charge in [0.15, 0.2) is 6.61 Å². The fourth-order valence-electron chi connectivity index (χ4n) is 3.09. The molecular formula is C21H18N2O7. The number of hydrogen-bond donors (Lipinski definition) is 1. The van der Waals surface area contributed by atoms with E-state index in [0.29, 0.717) is 11.3 Å². The maximum Gasteiger partial charge on any atom is 0.330 e. The minimum absolute atomic E-state index is 0.0661. The molecule has 154 valence electrons. The van der Waals surface area contributed by atoms with Crippen molar-refractivity contribution in [1.82, 2.24) is 4.90 Å². The van der Waals surface area contributed by atoms with Gasteiger partial charge in [0.1, 0.15) is 11.8 Å². The van der Waals surface area contributed by atoms with Crippen molar-refractivity contribution in [3.63, 3.8) is 0 Å². The number of ether oxygens (including phenoxy) is 2. The van der Waals surface area contributed by atoms with Crippen LogP contribution in [0, 0.1) is 0 Å². The number of amides is 3. The highest BCUT2D eigenvalue weighted by atomic mass is 16.5. The maximum atomic E-state index is 12.8. The number of benzene rings is 2. The molecule has 0 saturated carbocycles. The standard InChI is InChI=1S/C21H18N2O7/c1-12(24)30-14-8-6-13(7-9-14)10-17(21(28)29-11-18(22)25)23-19(26)15-4-2-3-5-16(15)20(23)27/h2-9,17H,10-11H2,1H3,(H2,22,25)/t17-/m1/s1. The van der Waals surface area contributed by atoms with Crippen LogP contribution in [-0.4, -0.2) is 47.2 Å². The van der Waals surface area contributed by atoms with Crippen molar-refractivity contribution < 1.29 is 33.4 Å². The lowest BCUT2D eigenvalue weighted by Crippen LogP contribution is -2.47. The van der Waals surface area contributed by atoms with Crippen molar-refractivity contribution in [1.29, 1.82) is 0 Å². The van der Waals surface area contributed by atoms with E-state index >= 15 is 0 Å². The van der Waals surface area contributed by atoms with Crippen LogP contribution in [0.5, 0.6) is 5.75 Å². The van der Waals surface area contributed by atoms with Gasteiger partial charge in [-0.05, 0) is 29.8 Å². The molecule has 0 spiro atoms. The molecule has 2 N–H and O–H groups in total. The molecule has 0 bridgehead atoms. The van der Waals surface area contributed by atoms with Gasteiger partial charge in [0, 0.05) is 13.3 Å². The van der Waals surface area contributed by atoms with Crippen molar-refractivity contribution in [3.05, 3.63) is 65.2 Å². The van der Waals surface area contributed by atoms with Gasteiger partial charge in [-0.25, -0.2) is 4.79 Å². The van der Waals surface area contributed by atoms with Crippen LogP contribution < -0.4 is 10.5 Å². The summed E-state index contributed by atoms with van der Waals surface area (Å²) in [6.45, 7) is 0.588. The highest BCUT2D eigenvalue weighted by Crippen LogP contribution is 2.27. The second kappa shape index (κ2) is 8.56. The van der Waals surface area contributed by atoms with E-state index in [9.17, 15) is 24.0 Å². The van der Waals surface area contributed by atoms with Gasteiger partial charge in [0.25, 0.3) is 17.7 Å². The largest absolute Gasteiger partial charge is 0.454 e. The summed E-state index contributed by atoms with van der Waals surface area (Å²) in [6, 6.07) is 11.1. The number of esters is 2. The summed E-state index contributed by atoms with van der Waals surface area (Å²) in [5.41, 5.74) is 5.96. The minimum Gasteiger partial charge on any atom is -0.454 e. The molecule has 3 rings (SSSR count). The van der Waals surface area contributed by atoms with E-state index in [2.05, 4.69) is 0 Å². The lowest BCUT2D eigenvalue weighted by atomic mass is 10.0. The van der Waals surface area contributed by atoms with Gasteiger partial charge in [-0.1, -0.05) is 24.3 Å². The number of rotatable bonds is 7. The molecule has 1 aliphatic rings. The number of imide groups is 1. The van der Waals surface area contributed by atoms with E-state index < -0.39 is 42.3 Å². The van der Waals surface area contributed by atoms with Gasteiger partial charge in [0.2, 0.25) is 0 Å². The van der Waals surface area contributed by atoms with E-state index in [1.54, 1.807) is 24.3 Å². The van der Waals surface area contributed by atoms with E-state index in [1.165, 1.54) is 31.2 Å². The van der Waals surface area contributed by atoms with Crippen LogP contribution in [0.15, 0.2) is 48.5 Å². The van der Waals surface area contributed by atoms with Crippen LogP contribution in [0.4, 0.5) is 0 Å². The molecule has 1 aliphatic heterocycles. The number of nitrogens with zero attached hydrogens (tertiary/aromatic N) is 1. The molecule has 0 saturated heterocycles. The lowest BCUT2D eigenvalue weighted by molar-refractivity contribution is -0.151. The third kappa shape index (κ3) is 4.35. The highest BCUT2D eigenvalue weighted by Gasteiger charge is 2.43. The summed E-state index contributed by atoms with van der Waals surface area (Å²) in [6.07, 6.45) is -0.0661. The molecule has 0 fully saturated rings. The van der Waals surface area contributed by atoms with Gasteiger partial charge in [-0.3, -0.25) is 24.1 Å². The summed E-state index contributed by atoms with van der Waals surface area (Å²) in [4.78, 5) is 61.1. The monoisotopic (exact) mass is 410 g/mol. The van der Waals surface area contributed by atoms with Crippen LogP contribution in [0.25, 0.3) is 0 Å². The fraction of sp³-hybridized carbons (Fsp3) is 0.190. The van der Waals surface area contributed by atoms with Gasteiger partial charge in [0.05, 0.1) is 11.1 Å². The Morgan fingerprint density at radius 2 is 1.53 bits per heavy atom. The van der Waals surface area contributed by atoms with Crippen LogP contribution in [0.3, 0.4) is 0 Å². The summed E-state index contributed by atoms with van der Waals surface area (Å²) < 4.78 is 9.86. The molecule has 9 nitrogen and oxygen atoms in total. The number of fused-ring (bicyclic) bond motifs is 1.